The Balaban J connectivity index is 1.67. The third-order valence-electron chi connectivity index (χ3n) is 3.61. The molecule has 92 valence electrons. The van der Waals surface area contributed by atoms with Gasteiger partial charge in [0.25, 0.3) is 0 Å². The van der Waals surface area contributed by atoms with Crippen molar-refractivity contribution in [3.05, 3.63) is 35.9 Å². The lowest BCUT2D eigenvalue weighted by Crippen LogP contribution is -2.41. The van der Waals surface area contributed by atoms with Gasteiger partial charge in [-0.1, -0.05) is 30.3 Å². The lowest BCUT2D eigenvalue weighted by Gasteiger charge is -2.28. The number of hydrogen-bond donors (Lipinski definition) is 1. The van der Waals surface area contributed by atoms with E-state index in [4.69, 9.17) is 4.74 Å². The molecule has 0 spiro atoms. The second-order valence-electron chi connectivity index (χ2n) is 5.19. The number of rotatable bonds is 2. The van der Waals surface area contributed by atoms with Crippen LogP contribution in [0.25, 0.3) is 0 Å². The highest BCUT2D eigenvalue weighted by atomic mass is 16.5. The number of hydrogen-bond acceptors (Lipinski definition) is 3. The molecular weight excluding hydrogens is 212 g/mol. The van der Waals surface area contributed by atoms with E-state index < -0.39 is 0 Å². The molecule has 1 N–H and O–H groups in total. The van der Waals surface area contributed by atoms with Gasteiger partial charge in [0.05, 0.1) is 13.2 Å². The molecular formula is C14H20N2O. The van der Waals surface area contributed by atoms with Crippen LogP contribution in [0.4, 0.5) is 0 Å². The lowest BCUT2D eigenvalue weighted by molar-refractivity contribution is 0.0613. The van der Waals surface area contributed by atoms with Crippen molar-refractivity contribution in [2.24, 2.45) is 5.92 Å². The Morgan fingerprint density at radius 2 is 2.06 bits per heavy atom. The van der Waals surface area contributed by atoms with Gasteiger partial charge in [0.1, 0.15) is 0 Å². The molecule has 0 aromatic heterocycles. The molecule has 2 aliphatic rings. The van der Waals surface area contributed by atoms with Crippen LogP contribution < -0.4 is 5.32 Å². The summed E-state index contributed by atoms with van der Waals surface area (Å²) < 4.78 is 5.67. The van der Waals surface area contributed by atoms with Crippen molar-refractivity contribution in [1.82, 2.24) is 10.2 Å². The maximum absolute atomic E-state index is 5.67. The molecule has 2 heterocycles. The summed E-state index contributed by atoms with van der Waals surface area (Å²) in [5.41, 5.74) is 1.41. The highest BCUT2D eigenvalue weighted by Crippen LogP contribution is 2.15. The van der Waals surface area contributed by atoms with Crippen LogP contribution in [0.1, 0.15) is 5.56 Å². The Labute approximate surface area is 103 Å². The third-order valence-corrected chi connectivity index (χ3v) is 3.61. The average molecular weight is 232 g/mol. The molecule has 3 rings (SSSR count). The smallest absolute Gasteiger partial charge is 0.0632 e. The average Bonchev–Trinajstić information content (AvgIpc) is 2.64. The van der Waals surface area contributed by atoms with Crippen LogP contribution >= 0.6 is 0 Å². The van der Waals surface area contributed by atoms with Crippen LogP contribution in [0.3, 0.4) is 0 Å². The highest BCUT2D eigenvalue weighted by molar-refractivity contribution is 5.14. The van der Waals surface area contributed by atoms with Gasteiger partial charge in [-0.15, -0.1) is 0 Å². The molecule has 2 aliphatic heterocycles. The molecule has 2 saturated heterocycles. The molecule has 0 radical (unpaired) electrons. The lowest BCUT2D eigenvalue weighted by atomic mass is 10.1. The van der Waals surface area contributed by atoms with Crippen LogP contribution in [0.15, 0.2) is 30.3 Å². The van der Waals surface area contributed by atoms with Gasteiger partial charge in [0, 0.05) is 38.1 Å². The number of nitrogens with one attached hydrogen (secondary N) is 1. The Morgan fingerprint density at radius 1 is 1.18 bits per heavy atom. The zero-order chi connectivity index (χ0) is 11.5. The second-order valence-corrected chi connectivity index (χ2v) is 5.19. The van der Waals surface area contributed by atoms with Gasteiger partial charge in [-0.05, 0) is 5.56 Å². The molecule has 0 saturated carbocycles. The van der Waals surface area contributed by atoms with E-state index in [1.54, 1.807) is 0 Å². The molecule has 3 heteroatoms. The summed E-state index contributed by atoms with van der Waals surface area (Å²) >= 11 is 0. The summed E-state index contributed by atoms with van der Waals surface area (Å²) in [6.45, 7) is 6.20. The first kappa shape index (κ1) is 11.2. The quantitative estimate of drug-likeness (QED) is 0.826. The summed E-state index contributed by atoms with van der Waals surface area (Å²) in [4.78, 5) is 2.56. The van der Waals surface area contributed by atoms with Crippen LogP contribution in [-0.4, -0.2) is 43.8 Å². The molecule has 0 amide bonds. The van der Waals surface area contributed by atoms with E-state index >= 15 is 0 Å². The summed E-state index contributed by atoms with van der Waals surface area (Å²) in [6, 6.07) is 11.3. The Bertz CT molecular complexity index is 340. The van der Waals surface area contributed by atoms with Crippen molar-refractivity contribution in [3.8, 4) is 0 Å². The van der Waals surface area contributed by atoms with E-state index in [0.29, 0.717) is 12.0 Å². The largest absolute Gasteiger partial charge is 0.379 e. The monoisotopic (exact) mass is 232 g/mol. The van der Waals surface area contributed by atoms with Crippen molar-refractivity contribution >= 4 is 0 Å². The molecule has 3 nitrogen and oxygen atoms in total. The van der Waals surface area contributed by atoms with Crippen LogP contribution in [0, 0.1) is 5.92 Å². The molecule has 1 aromatic carbocycles. The molecule has 0 aliphatic carbocycles. The summed E-state index contributed by atoms with van der Waals surface area (Å²) in [5.74, 6) is 0.645. The zero-order valence-corrected chi connectivity index (χ0v) is 10.1. The van der Waals surface area contributed by atoms with E-state index in [2.05, 4.69) is 40.5 Å². The van der Waals surface area contributed by atoms with Crippen LogP contribution in [0.5, 0.6) is 0 Å². The molecule has 2 bridgehead atoms. The van der Waals surface area contributed by atoms with Gasteiger partial charge in [-0.3, -0.25) is 4.90 Å². The second kappa shape index (κ2) is 5.17. The fraction of sp³-hybridized carbons (Fsp3) is 0.571. The first-order chi connectivity index (χ1) is 8.40. The maximum atomic E-state index is 5.67. The summed E-state index contributed by atoms with van der Waals surface area (Å²) in [7, 11) is 0. The fourth-order valence-electron chi connectivity index (χ4n) is 2.78. The summed E-state index contributed by atoms with van der Waals surface area (Å²) in [6.07, 6.45) is 0. The normalized spacial score (nSPS) is 29.9. The standard InChI is InChI=1S/C14H20N2O/c1-2-4-12(5-3-1)7-16-8-13-6-15-14(9-16)11-17-10-13/h1-5,13-15H,6-11H2. The fourth-order valence-corrected chi connectivity index (χ4v) is 2.78. The maximum Gasteiger partial charge on any atom is 0.0632 e. The number of fused-ring (bicyclic) bond motifs is 3. The SMILES string of the molecule is c1ccc(CN2CC3CNC(COC3)C2)cc1. The van der Waals surface area contributed by atoms with Crippen LogP contribution in [-0.2, 0) is 11.3 Å². The van der Waals surface area contributed by atoms with Gasteiger partial charge in [0.15, 0.2) is 0 Å². The predicted molar refractivity (Wildman–Crippen MR) is 67.8 cm³/mol. The van der Waals surface area contributed by atoms with Gasteiger partial charge < -0.3 is 10.1 Å². The first-order valence-electron chi connectivity index (χ1n) is 6.47. The van der Waals surface area contributed by atoms with E-state index in [9.17, 15) is 0 Å². The van der Waals surface area contributed by atoms with Gasteiger partial charge in [-0.25, -0.2) is 0 Å². The predicted octanol–water partition coefficient (Wildman–Crippen LogP) is 1.11. The number of nitrogens with zero attached hydrogens (tertiary/aromatic N) is 1. The topological polar surface area (TPSA) is 24.5 Å². The molecule has 1 aromatic rings. The van der Waals surface area contributed by atoms with Crippen molar-refractivity contribution in [2.75, 3.05) is 32.8 Å². The van der Waals surface area contributed by atoms with Gasteiger partial charge >= 0.3 is 0 Å². The minimum atomic E-state index is 0.506. The number of benzene rings is 1. The van der Waals surface area contributed by atoms with Crippen molar-refractivity contribution < 1.29 is 4.74 Å². The highest BCUT2D eigenvalue weighted by Gasteiger charge is 2.27. The molecule has 17 heavy (non-hydrogen) atoms. The Morgan fingerprint density at radius 3 is 2.94 bits per heavy atom. The first-order valence-corrected chi connectivity index (χ1v) is 6.47. The van der Waals surface area contributed by atoms with Crippen molar-refractivity contribution in [2.45, 2.75) is 12.6 Å². The summed E-state index contributed by atoms with van der Waals surface area (Å²) in [5, 5.41) is 3.59. The van der Waals surface area contributed by atoms with Crippen molar-refractivity contribution in [1.29, 1.82) is 0 Å². The minimum Gasteiger partial charge on any atom is -0.379 e. The third kappa shape index (κ3) is 2.86. The Hall–Kier alpha value is -0.900. The van der Waals surface area contributed by atoms with E-state index in [-0.39, 0.29) is 0 Å². The van der Waals surface area contributed by atoms with Crippen LogP contribution in [0.2, 0.25) is 0 Å². The van der Waals surface area contributed by atoms with E-state index in [0.717, 1.165) is 39.4 Å². The van der Waals surface area contributed by atoms with E-state index in [1.165, 1.54) is 5.56 Å². The molecule has 2 fully saturated rings. The molecule has 2 unspecified atom stereocenters. The molecule has 2 atom stereocenters. The minimum absolute atomic E-state index is 0.506. The number of ether oxygens (including phenoxy) is 1. The van der Waals surface area contributed by atoms with Gasteiger partial charge in [0.2, 0.25) is 0 Å². The van der Waals surface area contributed by atoms with E-state index in [1.807, 2.05) is 0 Å². The zero-order valence-electron chi connectivity index (χ0n) is 10.1. The van der Waals surface area contributed by atoms with Crippen molar-refractivity contribution in [3.63, 3.8) is 0 Å². The van der Waals surface area contributed by atoms with Gasteiger partial charge in [-0.2, -0.15) is 0 Å². The Kier molecular flexibility index (Phi) is 3.41.